The molecule has 21 heavy (non-hydrogen) atoms. The summed E-state index contributed by atoms with van der Waals surface area (Å²) in [5, 5.41) is 12.0. The van der Waals surface area contributed by atoms with Gasteiger partial charge in [-0.1, -0.05) is 12.1 Å². The minimum absolute atomic E-state index is 0.110. The van der Waals surface area contributed by atoms with E-state index >= 15 is 0 Å². The van der Waals surface area contributed by atoms with Gasteiger partial charge in [-0.25, -0.2) is 4.39 Å². The van der Waals surface area contributed by atoms with Crippen molar-refractivity contribution < 1.29 is 9.18 Å². The van der Waals surface area contributed by atoms with Gasteiger partial charge < -0.3 is 10.2 Å². The molecule has 1 aromatic carbocycles. The first-order chi connectivity index (χ1) is 10.2. The van der Waals surface area contributed by atoms with E-state index in [1.165, 1.54) is 18.3 Å². The number of halogens is 1. The summed E-state index contributed by atoms with van der Waals surface area (Å²) in [5.41, 5.74) is 0.995. The van der Waals surface area contributed by atoms with E-state index in [2.05, 4.69) is 5.32 Å². The molecule has 1 saturated heterocycles. The second kappa shape index (κ2) is 7.44. The van der Waals surface area contributed by atoms with E-state index in [0.717, 1.165) is 37.9 Å². The topological polar surface area (TPSA) is 56.1 Å². The first kappa shape index (κ1) is 15.0. The number of benzene rings is 1. The maximum atomic E-state index is 12.8. The van der Waals surface area contributed by atoms with Crippen molar-refractivity contribution in [2.24, 2.45) is 0 Å². The number of carbonyl (C=O) groups excluding carboxylic acids is 1. The molecule has 0 atom stereocenters. The van der Waals surface area contributed by atoms with Crippen molar-refractivity contribution in [1.29, 1.82) is 5.26 Å². The Balaban J connectivity index is 1.92. The number of rotatable bonds is 4. The molecular formula is C16H18FN3O. The van der Waals surface area contributed by atoms with Crippen molar-refractivity contribution in [2.75, 3.05) is 13.1 Å². The standard InChI is InChI=1S/C16H18FN3O/c17-15-6-4-13(5-7-15)11-19-12-14(10-18)16(21)20-8-2-1-3-9-20/h4-7,12,19H,1-3,8-9,11H2/b14-12-. The van der Waals surface area contributed by atoms with Gasteiger partial charge in [0.1, 0.15) is 17.5 Å². The monoisotopic (exact) mass is 287 g/mol. The van der Waals surface area contributed by atoms with Gasteiger partial charge in [0.25, 0.3) is 5.91 Å². The smallest absolute Gasteiger partial charge is 0.265 e. The van der Waals surface area contributed by atoms with Crippen LogP contribution in [0.2, 0.25) is 0 Å². The highest BCUT2D eigenvalue weighted by Gasteiger charge is 2.19. The van der Waals surface area contributed by atoms with Gasteiger partial charge in [-0.05, 0) is 37.0 Å². The molecule has 1 heterocycles. The van der Waals surface area contributed by atoms with Crippen LogP contribution in [0.4, 0.5) is 4.39 Å². The zero-order valence-corrected chi connectivity index (χ0v) is 11.8. The van der Waals surface area contributed by atoms with E-state index in [1.807, 2.05) is 6.07 Å². The lowest BCUT2D eigenvalue weighted by Crippen LogP contribution is -2.36. The molecule has 1 aromatic rings. The van der Waals surface area contributed by atoms with Crippen molar-refractivity contribution >= 4 is 5.91 Å². The number of nitriles is 1. The molecule has 1 fully saturated rings. The summed E-state index contributed by atoms with van der Waals surface area (Å²) in [6.45, 7) is 1.88. The summed E-state index contributed by atoms with van der Waals surface area (Å²) in [6, 6.07) is 8.02. The fraction of sp³-hybridized carbons (Fsp3) is 0.375. The van der Waals surface area contributed by atoms with Gasteiger partial charge in [-0.2, -0.15) is 5.26 Å². The van der Waals surface area contributed by atoms with Crippen LogP contribution in [-0.4, -0.2) is 23.9 Å². The highest BCUT2D eigenvalue weighted by Crippen LogP contribution is 2.11. The maximum absolute atomic E-state index is 12.8. The number of hydrogen-bond donors (Lipinski definition) is 1. The molecule has 0 bridgehead atoms. The molecule has 0 spiro atoms. The van der Waals surface area contributed by atoms with Gasteiger partial charge in [0, 0.05) is 25.8 Å². The number of amides is 1. The van der Waals surface area contributed by atoms with E-state index in [-0.39, 0.29) is 17.3 Å². The molecule has 0 radical (unpaired) electrons. The van der Waals surface area contributed by atoms with Gasteiger partial charge in [-0.15, -0.1) is 0 Å². The van der Waals surface area contributed by atoms with Gasteiger partial charge in [0.2, 0.25) is 0 Å². The molecule has 1 aliphatic rings. The van der Waals surface area contributed by atoms with Crippen LogP contribution >= 0.6 is 0 Å². The van der Waals surface area contributed by atoms with Crippen LogP contribution in [0.15, 0.2) is 36.0 Å². The Bertz CT molecular complexity index is 554. The summed E-state index contributed by atoms with van der Waals surface area (Å²) >= 11 is 0. The molecule has 0 aliphatic carbocycles. The van der Waals surface area contributed by atoms with Crippen molar-refractivity contribution in [2.45, 2.75) is 25.8 Å². The first-order valence-corrected chi connectivity index (χ1v) is 7.08. The summed E-state index contributed by atoms with van der Waals surface area (Å²) in [4.78, 5) is 13.9. The van der Waals surface area contributed by atoms with Crippen molar-refractivity contribution in [3.63, 3.8) is 0 Å². The second-order valence-corrected chi connectivity index (χ2v) is 5.03. The lowest BCUT2D eigenvalue weighted by molar-refractivity contribution is -0.127. The van der Waals surface area contributed by atoms with Gasteiger partial charge in [0.05, 0.1) is 0 Å². The molecule has 0 saturated carbocycles. The van der Waals surface area contributed by atoms with Crippen LogP contribution in [0, 0.1) is 17.1 Å². The number of nitrogens with zero attached hydrogens (tertiary/aromatic N) is 2. The summed E-state index contributed by atoms with van der Waals surface area (Å²) in [5.74, 6) is -0.504. The Kier molecular flexibility index (Phi) is 5.33. The molecule has 1 amide bonds. The quantitative estimate of drug-likeness (QED) is 0.683. The minimum atomic E-state index is -0.285. The SMILES string of the molecule is N#C/C(=C/NCc1ccc(F)cc1)C(=O)N1CCCCC1. The van der Waals surface area contributed by atoms with Crippen molar-refractivity contribution in [3.05, 3.63) is 47.4 Å². The Morgan fingerprint density at radius 2 is 1.95 bits per heavy atom. The fourth-order valence-electron chi connectivity index (χ4n) is 2.28. The highest BCUT2D eigenvalue weighted by atomic mass is 19.1. The highest BCUT2D eigenvalue weighted by molar-refractivity contribution is 5.97. The molecule has 110 valence electrons. The van der Waals surface area contributed by atoms with E-state index in [0.29, 0.717) is 6.54 Å². The molecule has 0 unspecified atom stereocenters. The van der Waals surface area contributed by atoms with Gasteiger partial charge in [-0.3, -0.25) is 4.79 Å². The molecule has 1 aliphatic heterocycles. The van der Waals surface area contributed by atoms with Crippen LogP contribution in [0.1, 0.15) is 24.8 Å². The van der Waals surface area contributed by atoms with E-state index in [1.54, 1.807) is 17.0 Å². The fourth-order valence-corrected chi connectivity index (χ4v) is 2.28. The lowest BCUT2D eigenvalue weighted by Gasteiger charge is -2.26. The minimum Gasteiger partial charge on any atom is -0.386 e. The number of hydrogen-bond acceptors (Lipinski definition) is 3. The van der Waals surface area contributed by atoms with Crippen LogP contribution in [0.25, 0.3) is 0 Å². The van der Waals surface area contributed by atoms with Crippen molar-refractivity contribution in [1.82, 2.24) is 10.2 Å². The van der Waals surface area contributed by atoms with E-state index in [4.69, 9.17) is 5.26 Å². The number of piperidine rings is 1. The Morgan fingerprint density at radius 3 is 2.57 bits per heavy atom. The largest absolute Gasteiger partial charge is 0.386 e. The van der Waals surface area contributed by atoms with Gasteiger partial charge in [0.15, 0.2) is 0 Å². The van der Waals surface area contributed by atoms with Crippen molar-refractivity contribution in [3.8, 4) is 6.07 Å². The third-order valence-corrected chi connectivity index (χ3v) is 3.46. The Morgan fingerprint density at radius 1 is 1.29 bits per heavy atom. The second-order valence-electron chi connectivity index (χ2n) is 5.03. The predicted octanol–water partition coefficient (Wildman–Crippen LogP) is 2.34. The van der Waals surface area contributed by atoms with Crippen LogP contribution in [-0.2, 0) is 11.3 Å². The number of nitrogens with one attached hydrogen (secondary N) is 1. The summed E-state index contributed by atoms with van der Waals surface area (Å²) in [7, 11) is 0. The number of likely N-dealkylation sites (tertiary alicyclic amines) is 1. The average molecular weight is 287 g/mol. The average Bonchev–Trinajstić information content (AvgIpc) is 2.53. The predicted molar refractivity (Wildman–Crippen MR) is 77.4 cm³/mol. The number of carbonyl (C=O) groups is 1. The molecular weight excluding hydrogens is 269 g/mol. The van der Waals surface area contributed by atoms with Crippen LogP contribution in [0.5, 0.6) is 0 Å². The molecule has 2 rings (SSSR count). The summed E-state index contributed by atoms with van der Waals surface area (Å²) < 4.78 is 12.8. The molecule has 0 aromatic heterocycles. The molecule has 4 nitrogen and oxygen atoms in total. The normalized spacial score (nSPS) is 15.4. The summed E-state index contributed by atoms with van der Waals surface area (Å²) in [6.07, 6.45) is 4.57. The molecule has 5 heteroatoms. The van der Waals surface area contributed by atoms with Crippen LogP contribution in [0.3, 0.4) is 0 Å². The zero-order valence-electron chi connectivity index (χ0n) is 11.8. The maximum Gasteiger partial charge on any atom is 0.265 e. The Labute approximate surface area is 123 Å². The third-order valence-electron chi connectivity index (χ3n) is 3.46. The van der Waals surface area contributed by atoms with E-state index < -0.39 is 0 Å². The first-order valence-electron chi connectivity index (χ1n) is 7.08. The molecule has 1 N–H and O–H groups in total. The lowest BCUT2D eigenvalue weighted by atomic mass is 10.1. The van der Waals surface area contributed by atoms with E-state index in [9.17, 15) is 9.18 Å². The zero-order chi connectivity index (χ0) is 15.1. The van der Waals surface area contributed by atoms with Crippen LogP contribution < -0.4 is 5.32 Å². The third kappa shape index (κ3) is 4.32. The Hall–Kier alpha value is -2.35. The van der Waals surface area contributed by atoms with Gasteiger partial charge >= 0.3 is 0 Å².